The molecule has 0 radical (unpaired) electrons. The number of rotatable bonds is 4. The predicted octanol–water partition coefficient (Wildman–Crippen LogP) is 2.61. The molecule has 0 spiro atoms. The van der Waals surface area contributed by atoms with Crippen molar-refractivity contribution >= 4 is 22.3 Å². The summed E-state index contributed by atoms with van der Waals surface area (Å²) in [6.45, 7) is 2.74. The van der Waals surface area contributed by atoms with Crippen LogP contribution in [0.25, 0.3) is 16.9 Å². The van der Waals surface area contributed by atoms with Crippen LogP contribution in [-0.4, -0.2) is 50.1 Å². The van der Waals surface area contributed by atoms with Crippen molar-refractivity contribution in [3.8, 4) is 11.3 Å². The highest BCUT2D eigenvalue weighted by molar-refractivity contribution is 7.85. The molecule has 6 heteroatoms. The van der Waals surface area contributed by atoms with E-state index in [2.05, 4.69) is 49.9 Å². The lowest BCUT2D eigenvalue weighted by Gasteiger charge is -2.26. The molecule has 5 nitrogen and oxygen atoms in total. The number of nitrogens with zero attached hydrogens (tertiary/aromatic N) is 3. The van der Waals surface area contributed by atoms with Crippen LogP contribution in [0.3, 0.4) is 0 Å². The first-order valence-electron chi connectivity index (χ1n) is 8.55. The number of nitrogens with one attached hydrogen (secondary N) is 1. The molecule has 1 saturated heterocycles. The number of pyridine rings is 1. The maximum Gasteiger partial charge on any atom is 0.145 e. The van der Waals surface area contributed by atoms with E-state index < -0.39 is 10.8 Å². The summed E-state index contributed by atoms with van der Waals surface area (Å²) in [5.74, 6) is 2.45. The molecule has 0 atom stereocenters. The van der Waals surface area contributed by atoms with Crippen LogP contribution in [0.2, 0.25) is 0 Å². The molecule has 130 valence electrons. The second-order valence-corrected chi connectivity index (χ2v) is 8.04. The van der Waals surface area contributed by atoms with E-state index in [9.17, 15) is 4.21 Å². The van der Waals surface area contributed by atoms with Gasteiger partial charge in [-0.2, -0.15) is 0 Å². The van der Waals surface area contributed by atoms with Gasteiger partial charge in [-0.25, -0.2) is 4.98 Å². The van der Waals surface area contributed by atoms with E-state index in [1.54, 1.807) is 0 Å². The SMILES string of the molecule is CNc1cn2c(-c3cccc(CN4CCS(=O)CC4)c3)cccc2n1. The van der Waals surface area contributed by atoms with E-state index in [0.717, 1.165) is 48.3 Å². The van der Waals surface area contributed by atoms with Crippen molar-refractivity contribution in [1.82, 2.24) is 14.3 Å². The normalized spacial score (nSPS) is 16.4. The van der Waals surface area contributed by atoms with Crippen LogP contribution in [0.5, 0.6) is 0 Å². The maximum absolute atomic E-state index is 11.5. The van der Waals surface area contributed by atoms with E-state index in [1.165, 1.54) is 11.1 Å². The van der Waals surface area contributed by atoms with Gasteiger partial charge in [0.1, 0.15) is 11.5 Å². The largest absolute Gasteiger partial charge is 0.372 e. The minimum Gasteiger partial charge on any atom is -0.372 e. The van der Waals surface area contributed by atoms with E-state index in [0.29, 0.717) is 0 Å². The molecule has 0 amide bonds. The van der Waals surface area contributed by atoms with Crippen LogP contribution in [-0.2, 0) is 17.3 Å². The average Bonchev–Trinajstić information content (AvgIpc) is 3.07. The zero-order valence-electron chi connectivity index (χ0n) is 14.3. The summed E-state index contributed by atoms with van der Waals surface area (Å²) < 4.78 is 13.6. The van der Waals surface area contributed by atoms with Gasteiger partial charge >= 0.3 is 0 Å². The predicted molar refractivity (Wildman–Crippen MR) is 103 cm³/mol. The number of benzene rings is 1. The van der Waals surface area contributed by atoms with Gasteiger partial charge in [-0.3, -0.25) is 13.5 Å². The third-order valence-corrected chi connectivity index (χ3v) is 5.92. The first kappa shape index (κ1) is 16.3. The Bertz CT molecular complexity index is 911. The number of aromatic nitrogens is 2. The molecule has 4 rings (SSSR count). The Kier molecular flexibility index (Phi) is 4.55. The molecule has 1 fully saturated rings. The van der Waals surface area contributed by atoms with Crippen molar-refractivity contribution in [1.29, 1.82) is 0 Å². The highest BCUT2D eigenvalue weighted by atomic mass is 32.2. The quantitative estimate of drug-likeness (QED) is 0.782. The van der Waals surface area contributed by atoms with Gasteiger partial charge in [0.15, 0.2) is 0 Å². The Labute approximate surface area is 150 Å². The molecule has 1 aliphatic heterocycles. The van der Waals surface area contributed by atoms with Crippen LogP contribution in [0.4, 0.5) is 5.82 Å². The zero-order valence-corrected chi connectivity index (χ0v) is 15.1. The molecule has 3 aromatic rings. The topological polar surface area (TPSA) is 49.6 Å². The van der Waals surface area contributed by atoms with Crippen molar-refractivity contribution in [3.63, 3.8) is 0 Å². The molecular weight excluding hydrogens is 332 g/mol. The number of anilines is 1. The van der Waals surface area contributed by atoms with Crippen LogP contribution in [0.15, 0.2) is 48.7 Å². The third-order valence-electron chi connectivity index (χ3n) is 4.65. The summed E-state index contributed by atoms with van der Waals surface area (Å²) in [7, 11) is 1.26. The molecule has 0 aliphatic carbocycles. The Hall–Kier alpha value is -2.18. The fraction of sp³-hybridized carbons (Fsp3) is 0.316. The molecular formula is C19H22N4OS. The molecule has 0 unspecified atom stereocenters. The van der Waals surface area contributed by atoms with E-state index in [-0.39, 0.29) is 0 Å². The second-order valence-electron chi connectivity index (χ2n) is 6.34. The molecule has 1 aromatic carbocycles. The Morgan fingerprint density at radius 1 is 1.16 bits per heavy atom. The molecule has 0 saturated carbocycles. The Morgan fingerprint density at radius 2 is 1.96 bits per heavy atom. The first-order chi connectivity index (χ1) is 12.2. The van der Waals surface area contributed by atoms with Gasteiger partial charge in [0.2, 0.25) is 0 Å². The number of hydrogen-bond donors (Lipinski definition) is 1. The van der Waals surface area contributed by atoms with Crippen molar-refractivity contribution in [2.45, 2.75) is 6.54 Å². The summed E-state index contributed by atoms with van der Waals surface area (Å²) in [4.78, 5) is 6.94. The van der Waals surface area contributed by atoms with Gasteiger partial charge in [-0.15, -0.1) is 0 Å². The summed E-state index contributed by atoms with van der Waals surface area (Å²) in [5, 5.41) is 3.10. The smallest absolute Gasteiger partial charge is 0.145 e. The molecule has 25 heavy (non-hydrogen) atoms. The van der Waals surface area contributed by atoms with Crippen LogP contribution >= 0.6 is 0 Å². The molecule has 0 bridgehead atoms. The summed E-state index contributed by atoms with van der Waals surface area (Å²) in [6, 6.07) is 14.9. The zero-order chi connectivity index (χ0) is 17.2. The van der Waals surface area contributed by atoms with Gasteiger partial charge in [0, 0.05) is 49.0 Å². The van der Waals surface area contributed by atoms with Crippen LogP contribution < -0.4 is 5.32 Å². The minimum atomic E-state index is -0.625. The van der Waals surface area contributed by atoms with Crippen molar-refractivity contribution < 1.29 is 4.21 Å². The molecule has 1 N–H and O–H groups in total. The minimum absolute atomic E-state index is 0.625. The van der Waals surface area contributed by atoms with Gasteiger partial charge in [-0.1, -0.05) is 24.3 Å². The van der Waals surface area contributed by atoms with Gasteiger partial charge in [0.25, 0.3) is 0 Å². The standard InChI is InChI=1S/C19H22N4OS/c1-20-18-14-23-17(6-3-7-19(23)21-18)16-5-2-4-15(12-16)13-22-8-10-25(24)11-9-22/h2-7,12,14,20H,8-11,13H2,1H3. The van der Waals surface area contributed by atoms with Crippen LogP contribution in [0.1, 0.15) is 5.56 Å². The first-order valence-corrected chi connectivity index (χ1v) is 10.0. The van der Waals surface area contributed by atoms with Gasteiger partial charge in [-0.05, 0) is 29.3 Å². The lowest BCUT2D eigenvalue weighted by atomic mass is 10.1. The molecule has 2 aromatic heterocycles. The van der Waals surface area contributed by atoms with E-state index in [1.807, 2.05) is 25.4 Å². The second kappa shape index (κ2) is 6.98. The lowest BCUT2D eigenvalue weighted by Crippen LogP contribution is -2.37. The number of hydrogen-bond acceptors (Lipinski definition) is 4. The van der Waals surface area contributed by atoms with Gasteiger partial charge in [0.05, 0.1) is 11.9 Å². The summed E-state index contributed by atoms with van der Waals surface area (Å²) in [6.07, 6.45) is 2.03. The van der Waals surface area contributed by atoms with E-state index in [4.69, 9.17) is 0 Å². The highest BCUT2D eigenvalue weighted by Crippen LogP contribution is 2.24. The highest BCUT2D eigenvalue weighted by Gasteiger charge is 2.15. The average molecular weight is 354 g/mol. The molecule has 3 heterocycles. The third kappa shape index (κ3) is 3.45. The number of imidazole rings is 1. The number of fused-ring (bicyclic) bond motifs is 1. The van der Waals surface area contributed by atoms with Crippen molar-refractivity contribution in [3.05, 3.63) is 54.2 Å². The maximum atomic E-state index is 11.5. The van der Waals surface area contributed by atoms with Crippen molar-refractivity contribution in [2.75, 3.05) is 37.0 Å². The fourth-order valence-electron chi connectivity index (χ4n) is 3.29. The monoisotopic (exact) mass is 354 g/mol. The van der Waals surface area contributed by atoms with Gasteiger partial charge < -0.3 is 5.32 Å². The Balaban J connectivity index is 1.63. The fourth-order valence-corrected chi connectivity index (χ4v) is 4.42. The van der Waals surface area contributed by atoms with Crippen molar-refractivity contribution in [2.24, 2.45) is 0 Å². The van der Waals surface area contributed by atoms with E-state index >= 15 is 0 Å². The molecule has 1 aliphatic rings. The summed E-state index contributed by atoms with van der Waals surface area (Å²) in [5.41, 5.74) is 4.54. The Morgan fingerprint density at radius 3 is 2.76 bits per heavy atom. The van der Waals surface area contributed by atoms with Crippen LogP contribution in [0, 0.1) is 0 Å². The summed E-state index contributed by atoms with van der Waals surface area (Å²) >= 11 is 0. The lowest BCUT2D eigenvalue weighted by molar-refractivity contribution is 0.291.